The standard InChI is InChI=1S/C31H57N3O10.CH4O/c35-25-15-22-44-26(31(25)41)24-43-20-10-9-13-27(36)32-17-11-18-33-29(38)16-21-42-23-19-34-28(37)12-7-5-3-1-2-4-6-8-14-30(39)40;1-2/h25-26,31,35,41H,1-24H2,(H,32,36)(H,33,38)(H,34,37)(H,39,40);2H,1H3. The van der Waals surface area contributed by atoms with Gasteiger partial charge in [-0.05, 0) is 38.5 Å². The van der Waals surface area contributed by atoms with E-state index in [4.69, 9.17) is 24.4 Å². The number of ether oxygens (including phenoxy) is 3. The number of carboxylic acid groups (broad SMARTS) is 1. The van der Waals surface area contributed by atoms with Gasteiger partial charge < -0.3 is 50.6 Å². The molecule has 0 bridgehead atoms. The summed E-state index contributed by atoms with van der Waals surface area (Å²) in [6, 6.07) is 0. The summed E-state index contributed by atoms with van der Waals surface area (Å²) in [7, 11) is 1.00. The van der Waals surface area contributed by atoms with Crippen LogP contribution in [0, 0.1) is 0 Å². The maximum atomic E-state index is 11.9. The summed E-state index contributed by atoms with van der Waals surface area (Å²) in [6.07, 6.45) is 9.48. The number of nitrogens with one attached hydrogen (secondary N) is 3. The molecular formula is C32H61N3O11. The van der Waals surface area contributed by atoms with Gasteiger partial charge in [0.1, 0.15) is 12.2 Å². The van der Waals surface area contributed by atoms with Gasteiger partial charge in [-0.3, -0.25) is 19.2 Å². The lowest BCUT2D eigenvalue weighted by atomic mass is 10.0. The number of amides is 3. The molecule has 1 rings (SSSR count). The first-order valence-electron chi connectivity index (χ1n) is 16.9. The second-order valence-corrected chi connectivity index (χ2v) is 11.3. The Morgan fingerprint density at radius 1 is 0.630 bits per heavy atom. The van der Waals surface area contributed by atoms with Crippen LogP contribution in [-0.2, 0) is 33.4 Å². The average molecular weight is 664 g/mol. The van der Waals surface area contributed by atoms with Crippen LogP contribution in [0.4, 0.5) is 0 Å². The fourth-order valence-corrected chi connectivity index (χ4v) is 4.65. The predicted octanol–water partition coefficient (Wildman–Crippen LogP) is 1.42. The van der Waals surface area contributed by atoms with Crippen molar-refractivity contribution in [1.29, 1.82) is 0 Å². The van der Waals surface area contributed by atoms with Gasteiger partial charge in [-0.2, -0.15) is 0 Å². The number of carboxylic acids is 1. The van der Waals surface area contributed by atoms with E-state index in [9.17, 15) is 29.4 Å². The number of unbranched alkanes of at least 4 members (excludes halogenated alkanes) is 8. The van der Waals surface area contributed by atoms with Gasteiger partial charge in [0.15, 0.2) is 0 Å². The molecule has 14 heteroatoms. The quantitative estimate of drug-likeness (QED) is 0.0595. The third-order valence-corrected chi connectivity index (χ3v) is 7.33. The first kappa shape index (κ1) is 43.6. The minimum atomic E-state index is -0.933. The van der Waals surface area contributed by atoms with E-state index < -0.39 is 24.3 Å². The molecule has 1 fully saturated rings. The van der Waals surface area contributed by atoms with Crippen LogP contribution < -0.4 is 16.0 Å². The summed E-state index contributed by atoms with van der Waals surface area (Å²) >= 11 is 0. The monoisotopic (exact) mass is 663 g/mol. The molecular weight excluding hydrogens is 602 g/mol. The first-order valence-corrected chi connectivity index (χ1v) is 16.9. The van der Waals surface area contributed by atoms with Crippen LogP contribution in [0.1, 0.15) is 103 Å². The molecule has 1 aliphatic heterocycles. The molecule has 0 saturated carbocycles. The van der Waals surface area contributed by atoms with E-state index in [-0.39, 0.29) is 43.8 Å². The highest BCUT2D eigenvalue weighted by Crippen LogP contribution is 2.15. The summed E-state index contributed by atoms with van der Waals surface area (Å²) in [5.74, 6) is -0.901. The largest absolute Gasteiger partial charge is 0.481 e. The molecule has 3 unspecified atom stereocenters. The van der Waals surface area contributed by atoms with Gasteiger partial charge in [-0.1, -0.05) is 38.5 Å². The number of hydrogen-bond donors (Lipinski definition) is 7. The third-order valence-electron chi connectivity index (χ3n) is 7.33. The second-order valence-electron chi connectivity index (χ2n) is 11.3. The summed E-state index contributed by atoms with van der Waals surface area (Å²) in [6.45, 7) is 3.02. The minimum Gasteiger partial charge on any atom is -0.481 e. The third kappa shape index (κ3) is 26.8. The van der Waals surface area contributed by atoms with Gasteiger partial charge in [0, 0.05) is 65.6 Å². The highest BCUT2D eigenvalue weighted by atomic mass is 16.5. The normalized spacial score (nSPS) is 17.4. The average Bonchev–Trinajstić information content (AvgIpc) is 3.04. The number of rotatable bonds is 28. The Kier molecular flexibility index (Phi) is 29.6. The number of aliphatic carboxylic acids is 1. The van der Waals surface area contributed by atoms with E-state index in [1.807, 2.05) is 0 Å². The first-order chi connectivity index (χ1) is 22.3. The van der Waals surface area contributed by atoms with Crippen molar-refractivity contribution in [2.45, 2.75) is 121 Å². The van der Waals surface area contributed by atoms with Crippen molar-refractivity contribution in [3.63, 3.8) is 0 Å². The number of hydrogen-bond acceptors (Lipinski definition) is 10. The molecule has 14 nitrogen and oxygen atoms in total. The van der Waals surface area contributed by atoms with Crippen molar-refractivity contribution < 1.29 is 53.8 Å². The SMILES string of the molecule is CO.O=C(O)CCCCCCCCCCC(=O)NCCOCCC(=O)NCCCNC(=O)CCCCOCC1OCCC(O)C1O. The number of aliphatic hydroxyl groups excluding tert-OH is 3. The molecule has 270 valence electrons. The van der Waals surface area contributed by atoms with E-state index in [2.05, 4.69) is 16.0 Å². The van der Waals surface area contributed by atoms with Gasteiger partial charge in [0.25, 0.3) is 0 Å². The van der Waals surface area contributed by atoms with Gasteiger partial charge in [-0.25, -0.2) is 0 Å². The van der Waals surface area contributed by atoms with Crippen molar-refractivity contribution >= 4 is 23.7 Å². The number of aliphatic hydroxyl groups is 3. The number of carbonyl (C=O) groups excluding carboxylic acids is 3. The molecule has 0 aromatic rings. The Hall–Kier alpha value is -2.36. The zero-order valence-corrected chi connectivity index (χ0v) is 27.8. The maximum Gasteiger partial charge on any atom is 0.303 e. The molecule has 3 amide bonds. The van der Waals surface area contributed by atoms with Crippen molar-refractivity contribution in [1.82, 2.24) is 16.0 Å². The predicted molar refractivity (Wildman–Crippen MR) is 172 cm³/mol. The molecule has 1 aliphatic rings. The van der Waals surface area contributed by atoms with Crippen LogP contribution in [-0.4, -0.2) is 122 Å². The molecule has 0 spiro atoms. The molecule has 1 saturated heterocycles. The molecule has 7 N–H and O–H groups in total. The summed E-state index contributed by atoms with van der Waals surface area (Å²) in [4.78, 5) is 46.2. The topological polar surface area (TPSA) is 213 Å². The Bertz CT molecular complexity index is 788. The second kappa shape index (κ2) is 31.3. The van der Waals surface area contributed by atoms with Crippen LogP contribution in [0.3, 0.4) is 0 Å². The summed E-state index contributed by atoms with van der Waals surface area (Å²) in [5, 5.41) is 43.5. The van der Waals surface area contributed by atoms with Gasteiger partial charge in [0.05, 0.1) is 25.9 Å². The molecule has 0 aromatic heterocycles. The Labute approximate surface area is 274 Å². The van der Waals surface area contributed by atoms with E-state index in [0.717, 1.165) is 58.5 Å². The summed E-state index contributed by atoms with van der Waals surface area (Å²) < 4.78 is 16.3. The molecule has 0 aromatic carbocycles. The zero-order chi connectivity index (χ0) is 34.3. The van der Waals surface area contributed by atoms with Crippen LogP contribution >= 0.6 is 0 Å². The lowest BCUT2D eigenvalue weighted by Crippen LogP contribution is -2.46. The Balaban J connectivity index is 0.00000991. The minimum absolute atomic E-state index is 0.00487. The molecule has 46 heavy (non-hydrogen) atoms. The van der Waals surface area contributed by atoms with Crippen molar-refractivity contribution in [3.05, 3.63) is 0 Å². The van der Waals surface area contributed by atoms with Crippen molar-refractivity contribution in [2.75, 3.05) is 59.8 Å². The van der Waals surface area contributed by atoms with E-state index in [1.54, 1.807) is 0 Å². The highest BCUT2D eigenvalue weighted by Gasteiger charge is 2.31. The van der Waals surface area contributed by atoms with Gasteiger partial charge in [0.2, 0.25) is 17.7 Å². The Morgan fingerprint density at radius 3 is 1.76 bits per heavy atom. The maximum absolute atomic E-state index is 11.9. The Morgan fingerprint density at radius 2 is 1.15 bits per heavy atom. The van der Waals surface area contributed by atoms with Gasteiger partial charge >= 0.3 is 5.97 Å². The lowest BCUT2D eigenvalue weighted by molar-refractivity contribution is -0.154. The fraction of sp³-hybridized carbons (Fsp3) is 0.875. The lowest BCUT2D eigenvalue weighted by Gasteiger charge is -2.31. The van der Waals surface area contributed by atoms with Crippen molar-refractivity contribution in [2.24, 2.45) is 0 Å². The smallest absolute Gasteiger partial charge is 0.303 e. The van der Waals surface area contributed by atoms with E-state index >= 15 is 0 Å². The van der Waals surface area contributed by atoms with Crippen LogP contribution in [0.2, 0.25) is 0 Å². The fourth-order valence-electron chi connectivity index (χ4n) is 4.65. The van der Waals surface area contributed by atoms with Crippen LogP contribution in [0.5, 0.6) is 0 Å². The van der Waals surface area contributed by atoms with Crippen molar-refractivity contribution in [3.8, 4) is 0 Å². The highest BCUT2D eigenvalue weighted by molar-refractivity contribution is 5.76. The van der Waals surface area contributed by atoms with E-state index in [1.165, 1.54) is 0 Å². The molecule has 1 heterocycles. The van der Waals surface area contributed by atoms with Crippen LogP contribution in [0.15, 0.2) is 0 Å². The molecule has 3 atom stereocenters. The van der Waals surface area contributed by atoms with Gasteiger partial charge in [-0.15, -0.1) is 0 Å². The van der Waals surface area contributed by atoms with Crippen LogP contribution in [0.25, 0.3) is 0 Å². The molecule has 0 aliphatic carbocycles. The zero-order valence-electron chi connectivity index (χ0n) is 27.8. The number of carbonyl (C=O) groups is 4. The van der Waals surface area contributed by atoms with E-state index in [0.29, 0.717) is 78.0 Å². The molecule has 0 radical (unpaired) electrons. The summed E-state index contributed by atoms with van der Waals surface area (Å²) in [5.41, 5.74) is 0.